The minimum Gasteiger partial charge on any atom is -0.296 e. The maximum atomic E-state index is 12.9. The summed E-state index contributed by atoms with van der Waals surface area (Å²) in [6, 6.07) is 0.0629. The van der Waals surface area contributed by atoms with Crippen LogP contribution in [0.2, 0.25) is 0 Å². The van der Waals surface area contributed by atoms with Gasteiger partial charge in [0.2, 0.25) is 10.0 Å². The summed E-state index contributed by atoms with van der Waals surface area (Å²) in [7, 11) is -3.19. The molecule has 0 aliphatic carbocycles. The van der Waals surface area contributed by atoms with Gasteiger partial charge in [-0.05, 0) is 39.5 Å². The van der Waals surface area contributed by atoms with E-state index in [1.54, 1.807) is 4.31 Å². The third-order valence-electron chi connectivity index (χ3n) is 5.03. The standard InChI is InChI=1S/C17H32N2O2S/c1-13-10-14(16(2,3)4)8-9-19(13)22(20,21)15-11-18(12-15)17(5,6)7/h8,13,15H,9-12H2,1-7H3. The average Bonchev–Trinajstić information content (AvgIpc) is 2.22. The lowest BCUT2D eigenvalue weighted by atomic mass is 9.81. The van der Waals surface area contributed by atoms with Crippen molar-refractivity contribution >= 4 is 10.0 Å². The van der Waals surface area contributed by atoms with Crippen molar-refractivity contribution in [2.24, 2.45) is 5.41 Å². The highest BCUT2D eigenvalue weighted by Gasteiger charge is 2.46. The lowest BCUT2D eigenvalue weighted by molar-refractivity contribution is 0.0698. The quantitative estimate of drug-likeness (QED) is 0.732. The molecule has 0 radical (unpaired) electrons. The summed E-state index contributed by atoms with van der Waals surface area (Å²) >= 11 is 0. The van der Waals surface area contributed by atoms with Crippen molar-refractivity contribution in [3.8, 4) is 0 Å². The molecule has 5 heteroatoms. The van der Waals surface area contributed by atoms with Crippen molar-refractivity contribution in [2.45, 2.75) is 71.7 Å². The van der Waals surface area contributed by atoms with E-state index in [1.165, 1.54) is 5.57 Å². The monoisotopic (exact) mass is 328 g/mol. The van der Waals surface area contributed by atoms with E-state index in [2.05, 4.69) is 52.5 Å². The van der Waals surface area contributed by atoms with E-state index < -0.39 is 10.0 Å². The van der Waals surface area contributed by atoms with Crippen molar-refractivity contribution in [3.05, 3.63) is 11.6 Å². The van der Waals surface area contributed by atoms with Gasteiger partial charge in [0.1, 0.15) is 5.25 Å². The van der Waals surface area contributed by atoms with E-state index in [4.69, 9.17) is 0 Å². The van der Waals surface area contributed by atoms with Gasteiger partial charge in [0.15, 0.2) is 0 Å². The molecule has 22 heavy (non-hydrogen) atoms. The Morgan fingerprint density at radius 1 is 1.09 bits per heavy atom. The molecule has 4 nitrogen and oxygen atoms in total. The van der Waals surface area contributed by atoms with Crippen molar-refractivity contribution in [1.82, 2.24) is 9.21 Å². The van der Waals surface area contributed by atoms with Crippen molar-refractivity contribution in [2.75, 3.05) is 19.6 Å². The predicted octanol–water partition coefficient (Wildman–Crippen LogP) is 2.87. The highest BCUT2D eigenvalue weighted by molar-refractivity contribution is 7.89. The largest absolute Gasteiger partial charge is 0.296 e. The van der Waals surface area contributed by atoms with Crippen LogP contribution in [0, 0.1) is 5.41 Å². The Balaban J connectivity index is 2.08. The zero-order valence-electron chi connectivity index (χ0n) is 15.2. The molecule has 2 rings (SSSR count). The van der Waals surface area contributed by atoms with Crippen LogP contribution >= 0.6 is 0 Å². The summed E-state index contributed by atoms with van der Waals surface area (Å²) in [6.07, 6.45) is 2.97. The first-order chi connectivity index (χ1) is 9.83. The Kier molecular flexibility index (Phi) is 4.57. The fourth-order valence-corrected chi connectivity index (χ4v) is 5.19. The van der Waals surface area contributed by atoms with Crippen LogP contribution in [0.4, 0.5) is 0 Å². The Morgan fingerprint density at radius 2 is 1.64 bits per heavy atom. The van der Waals surface area contributed by atoms with Crippen molar-refractivity contribution in [1.29, 1.82) is 0 Å². The second-order valence-electron chi connectivity index (χ2n) is 8.84. The molecule has 0 aromatic heterocycles. The van der Waals surface area contributed by atoms with E-state index in [9.17, 15) is 8.42 Å². The molecule has 0 saturated carbocycles. The average molecular weight is 329 g/mol. The summed E-state index contributed by atoms with van der Waals surface area (Å²) in [5.74, 6) is 0. The second-order valence-corrected chi connectivity index (χ2v) is 11.0. The van der Waals surface area contributed by atoms with Gasteiger partial charge in [0, 0.05) is 31.2 Å². The first kappa shape index (κ1) is 18.0. The SMILES string of the molecule is CC1CC(C(C)(C)C)=CCN1S(=O)(=O)C1CN(C(C)(C)C)C1. The molecule has 128 valence electrons. The van der Waals surface area contributed by atoms with Crippen molar-refractivity contribution < 1.29 is 8.42 Å². The van der Waals surface area contributed by atoms with Gasteiger partial charge >= 0.3 is 0 Å². The highest BCUT2D eigenvalue weighted by atomic mass is 32.2. The fourth-order valence-electron chi connectivity index (χ4n) is 3.22. The number of sulfonamides is 1. The number of hydrogen-bond acceptors (Lipinski definition) is 3. The molecule has 1 saturated heterocycles. The van der Waals surface area contributed by atoms with Crippen LogP contribution in [0.1, 0.15) is 54.9 Å². The van der Waals surface area contributed by atoms with E-state index in [1.807, 2.05) is 6.92 Å². The Hall–Kier alpha value is -0.390. The summed E-state index contributed by atoms with van der Waals surface area (Å²) in [6.45, 7) is 16.9. The predicted molar refractivity (Wildman–Crippen MR) is 92.4 cm³/mol. The maximum absolute atomic E-state index is 12.9. The molecule has 1 unspecified atom stereocenters. The molecule has 0 N–H and O–H groups in total. The lowest BCUT2D eigenvalue weighted by Gasteiger charge is -2.49. The third-order valence-corrected chi connectivity index (χ3v) is 7.34. The topological polar surface area (TPSA) is 40.6 Å². The van der Waals surface area contributed by atoms with Gasteiger partial charge in [-0.25, -0.2) is 8.42 Å². The zero-order valence-corrected chi connectivity index (χ0v) is 16.0. The van der Waals surface area contributed by atoms with Gasteiger partial charge in [-0.15, -0.1) is 0 Å². The number of likely N-dealkylation sites (tertiary alicyclic amines) is 1. The Labute approximate surface area is 136 Å². The van der Waals surface area contributed by atoms with Gasteiger partial charge in [-0.2, -0.15) is 4.31 Å². The smallest absolute Gasteiger partial charge is 0.220 e. The zero-order chi connectivity index (χ0) is 16.9. The van der Waals surface area contributed by atoms with Crippen LogP contribution in [0.3, 0.4) is 0 Å². The second kappa shape index (κ2) is 5.60. The van der Waals surface area contributed by atoms with E-state index >= 15 is 0 Å². The van der Waals surface area contributed by atoms with Gasteiger partial charge in [0.25, 0.3) is 0 Å². The molecule has 0 spiro atoms. The highest BCUT2D eigenvalue weighted by Crippen LogP contribution is 2.35. The summed E-state index contributed by atoms with van der Waals surface area (Å²) in [5, 5.41) is -0.237. The maximum Gasteiger partial charge on any atom is 0.220 e. The number of nitrogens with zero attached hydrogens (tertiary/aromatic N) is 2. The molecule has 0 aromatic carbocycles. The minimum atomic E-state index is -3.19. The minimum absolute atomic E-state index is 0.0544. The van der Waals surface area contributed by atoms with Gasteiger partial charge in [-0.3, -0.25) is 4.90 Å². The van der Waals surface area contributed by atoms with Gasteiger partial charge in [0.05, 0.1) is 0 Å². The molecule has 0 aromatic rings. The van der Waals surface area contributed by atoms with E-state index in [0.29, 0.717) is 19.6 Å². The van der Waals surface area contributed by atoms with E-state index in [0.717, 1.165) is 6.42 Å². The lowest BCUT2D eigenvalue weighted by Crippen LogP contribution is -2.64. The summed E-state index contributed by atoms with van der Waals surface area (Å²) in [4.78, 5) is 2.24. The summed E-state index contributed by atoms with van der Waals surface area (Å²) < 4.78 is 27.5. The fraction of sp³-hybridized carbons (Fsp3) is 0.882. The molecule has 2 aliphatic rings. The molecule has 0 amide bonds. The van der Waals surface area contributed by atoms with Gasteiger partial charge < -0.3 is 0 Å². The Bertz CT molecular complexity index is 546. The molecule has 2 heterocycles. The van der Waals surface area contributed by atoms with Crippen LogP contribution in [-0.4, -0.2) is 54.1 Å². The molecular formula is C17H32N2O2S. The Morgan fingerprint density at radius 3 is 2.05 bits per heavy atom. The first-order valence-corrected chi connectivity index (χ1v) is 9.79. The van der Waals surface area contributed by atoms with Crippen LogP contribution in [0.25, 0.3) is 0 Å². The van der Waals surface area contributed by atoms with Crippen LogP contribution < -0.4 is 0 Å². The summed E-state index contributed by atoms with van der Waals surface area (Å²) in [5.41, 5.74) is 1.55. The molecule has 1 atom stereocenters. The third kappa shape index (κ3) is 3.41. The normalized spacial score (nSPS) is 26.7. The van der Waals surface area contributed by atoms with E-state index in [-0.39, 0.29) is 22.2 Å². The van der Waals surface area contributed by atoms with Crippen molar-refractivity contribution in [3.63, 3.8) is 0 Å². The molecule has 0 bridgehead atoms. The molecular weight excluding hydrogens is 296 g/mol. The number of rotatable bonds is 2. The number of hydrogen-bond donors (Lipinski definition) is 0. The van der Waals surface area contributed by atoms with Crippen LogP contribution in [-0.2, 0) is 10.0 Å². The molecule has 2 aliphatic heterocycles. The van der Waals surface area contributed by atoms with Crippen LogP contribution in [0.15, 0.2) is 11.6 Å². The van der Waals surface area contributed by atoms with Gasteiger partial charge in [-0.1, -0.05) is 32.4 Å². The van der Waals surface area contributed by atoms with Crippen LogP contribution in [0.5, 0.6) is 0 Å². The first-order valence-electron chi connectivity index (χ1n) is 8.28. The molecule has 1 fully saturated rings.